The van der Waals surface area contributed by atoms with E-state index in [9.17, 15) is 0 Å². The number of hydrogen-bond acceptors (Lipinski definition) is 5. The van der Waals surface area contributed by atoms with Gasteiger partial charge in [-0.15, -0.1) is 0 Å². The third-order valence-electron chi connectivity index (χ3n) is 4.04. The van der Waals surface area contributed by atoms with Crippen LogP contribution in [0.15, 0.2) is 24.3 Å². The van der Waals surface area contributed by atoms with Gasteiger partial charge in [-0.1, -0.05) is 12.1 Å². The lowest BCUT2D eigenvalue weighted by Crippen LogP contribution is -2.42. The van der Waals surface area contributed by atoms with Crippen molar-refractivity contribution in [1.29, 1.82) is 5.26 Å². The summed E-state index contributed by atoms with van der Waals surface area (Å²) in [5.74, 6) is 0.915. The van der Waals surface area contributed by atoms with Crippen molar-refractivity contribution in [3.8, 4) is 11.8 Å². The van der Waals surface area contributed by atoms with Gasteiger partial charge in [-0.3, -0.25) is 9.80 Å². The number of aryl methyl sites for hydroxylation is 1. The van der Waals surface area contributed by atoms with Crippen LogP contribution < -0.4 is 4.74 Å². The molecule has 0 aromatic heterocycles. The maximum absolute atomic E-state index is 8.83. The molecular weight excluding hydrogens is 290 g/mol. The molecule has 0 bridgehead atoms. The van der Waals surface area contributed by atoms with E-state index in [0.29, 0.717) is 13.0 Å². The highest BCUT2D eigenvalue weighted by molar-refractivity contribution is 5.27. The second-order valence-corrected chi connectivity index (χ2v) is 5.87. The van der Waals surface area contributed by atoms with Gasteiger partial charge in [0.15, 0.2) is 0 Å². The summed E-state index contributed by atoms with van der Waals surface area (Å²) in [5, 5.41) is 8.83. The minimum absolute atomic E-state index is 0.563. The van der Waals surface area contributed by atoms with E-state index in [4.69, 9.17) is 14.7 Å². The van der Waals surface area contributed by atoms with Gasteiger partial charge in [0.2, 0.25) is 0 Å². The molecule has 0 N–H and O–H groups in total. The van der Waals surface area contributed by atoms with Gasteiger partial charge >= 0.3 is 0 Å². The van der Waals surface area contributed by atoms with Crippen LogP contribution in [0, 0.1) is 18.3 Å². The molecule has 1 aromatic rings. The largest absolute Gasteiger partial charge is 0.492 e. The van der Waals surface area contributed by atoms with Gasteiger partial charge in [-0.2, -0.15) is 5.26 Å². The first-order valence-corrected chi connectivity index (χ1v) is 8.37. The quantitative estimate of drug-likeness (QED) is 0.696. The molecule has 0 aliphatic carbocycles. The number of benzene rings is 1. The van der Waals surface area contributed by atoms with Crippen molar-refractivity contribution in [1.82, 2.24) is 9.80 Å². The fraction of sp³-hybridized carbons (Fsp3) is 0.611. The van der Waals surface area contributed by atoms with Crippen LogP contribution in [0.5, 0.6) is 5.75 Å². The van der Waals surface area contributed by atoms with E-state index in [1.54, 1.807) is 0 Å². The minimum Gasteiger partial charge on any atom is -0.492 e. The van der Waals surface area contributed by atoms with Gasteiger partial charge in [0.1, 0.15) is 12.4 Å². The number of morpholine rings is 1. The van der Waals surface area contributed by atoms with Crippen molar-refractivity contribution in [3.05, 3.63) is 29.8 Å². The van der Waals surface area contributed by atoms with Crippen LogP contribution in [0.25, 0.3) is 0 Å². The first-order chi connectivity index (χ1) is 11.3. The first-order valence-electron chi connectivity index (χ1n) is 8.37. The topological polar surface area (TPSA) is 48.7 Å². The fourth-order valence-electron chi connectivity index (χ4n) is 2.65. The van der Waals surface area contributed by atoms with Crippen molar-refractivity contribution in [2.75, 3.05) is 59.1 Å². The van der Waals surface area contributed by atoms with Crippen LogP contribution in [0.1, 0.15) is 12.0 Å². The number of nitrogens with zero attached hydrogens (tertiary/aromatic N) is 3. The van der Waals surface area contributed by atoms with Crippen molar-refractivity contribution < 1.29 is 9.47 Å². The molecule has 5 nitrogen and oxygen atoms in total. The summed E-state index contributed by atoms with van der Waals surface area (Å²) in [4.78, 5) is 4.73. The Labute approximate surface area is 139 Å². The molecule has 5 heteroatoms. The maximum atomic E-state index is 8.83. The summed E-state index contributed by atoms with van der Waals surface area (Å²) in [6.45, 7) is 10.0. The van der Waals surface area contributed by atoms with E-state index < -0.39 is 0 Å². The summed E-state index contributed by atoms with van der Waals surface area (Å²) in [6.07, 6.45) is 0.563. The van der Waals surface area contributed by atoms with Gasteiger partial charge in [0.25, 0.3) is 0 Å². The van der Waals surface area contributed by atoms with Gasteiger partial charge < -0.3 is 9.47 Å². The first kappa shape index (κ1) is 17.7. The fourth-order valence-corrected chi connectivity index (χ4v) is 2.65. The Morgan fingerprint density at radius 2 is 2.09 bits per heavy atom. The standard InChI is InChI=1S/C18H27N3O2/c1-17-4-2-5-18(16-17)23-15-12-20(7-3-6-19)8-9-21-10-13-22-14-11-21/h2,4-5,16H,3,7-15H2,1H3. The second-order valence-electron chi connectivity index (χ2n) is 5.87. The highest BCUT2D eigenvalue weighted by Gasteiger charge is 2.12. The van der Waals surface area contributed by atoms with Crippen LogP contribution in [0.4, 0.5) is 0 Å². The van der Waals surface area contributed by atoms with Gasteiger partial charge in [0, 0.05) is 45.7 Å². The molecule has 1 aliphatic rings. The molecule has 126 valence electrons. The Balaban J connectivity index is 1.72. The highest BCUT2D eigenvalue weighted by Crippen LogP contribution is 2.12. The average molecular weight is 317 g/mol. The van der Waals surface area contributed by atoms with E-state index >= 15 is 0 Å². The molecule has 0 saturated carbocycles. The Hall–Kier alpha value is -1.61. The molecule has 0 spiro atoms. The van der Waals surface area contributed by atoms with Crippen LogP contribution >= 0.6 is 0 Å². The molecule has 1 saturated heterocycles. The second kappa shape index (κ2) is 10.2. The lowest BCUT2D eigenvalue weighted by atomic mass is 10.2. The minimum atomic E-state index is 0.563. The molecular formula is C18H27N3O2. The summed E-state index contributed by atoms with van der Waals surface area (Å²) in [5.41, 5.74) is 1.20. The summed E-state index contributed by atoms with van der Waals surface area (Å²) in [6, 6.07) is 10.3. The van der Waals surface area contributed by atoms with Crippen molar-refractivity contribution in [3.63, 3.8) is 0 Å². The molecule has 0 radical (unpaired) electrons. The average Bonchev–Trinajstić information content (AvgIpc) is 2.58. The monoisotopic (exact) mass is 317 g/mol. The van der Waals surface area contributed by atoms with Gasteiger partial charge in [0.05, 0.1) is 19.3 Å². The summed E-state index contributed by atoms with van der Waals surface area (Å²) in [7, 11) is 0. The SMILES string of the molecule is Cc1cccc(OCCN(CCC#N)CCN2CCOCC2)c1. The third-order valence-corrected chi connectivity index (χ3v) is 4.04. The van der Waals surface area contributed by atoms with E-state index in [1.165, 1.54) is 5.56 Å². The normalized spacial score (nSPS) is 15.5. The predicted octanol–water partition coefficient (Wildman–Crippen LogP) is 1.92. The number of nitriles is 1. The van der Waals surface area contributed by atoms with Gasteiger partial charge in [-0.25, -0.2) is 0 Å². The number of rotatable bonds is 9. The Bertz CT molecular complexity index is 495. The molecule has 23 heavy (non-hydrogen) atoms. The molecule has 1 fully saturated rings. The van der Waals surface area contributed by atoms with Crippen molar-refractivity contribution in [2.24, 2.45) is 0 Å². The molecule has 0 atom stereocenters. The zero-order valence-electron chi connectivity index (χ0n) is 14.0. The Morgan fingerprint density at radius 1 is 1.26 bits per heavy atom. The zero-order valence-corrected chi connectivity index (χ0v) is 14.0. The highest BCUT2D eigenvalue weighted by atomic mass is 16.5. The van der Waals surface area contributed by atoms with Crippen LogP contribution in [0.2, 0.25) is 0 Å². The summed E-state index contributed by atoms with van der Waals surface area (Å²) >= 11 is 0. The maximum Gasteiger partial charge on any atom is 0.119 e. The predicted molar refractivity (Wildman–Crippen MR) is 90.6 cm³/mol. The van der Waals surface area contributed by atoms with Crippen molar-refractivity contribution >= 4 is 0 Å². The molecule has 1 heterocycles. The molecule has 1 aromatic carbocycles. The number of hydrogen-bond donors (Lipinski definition) is 0. The van der Waals surface area contributed by atoms with E-state index in [-0.39, 0.29) is 0 Å². The van der Waals surface area contributed by atoms with E-state index in [2.05, 4.69) is 28.9 Å². The molecule has 0 amide bonds. The zero-order chi connectivity index (χ0) is 16.3. The van der Waals surface area contributed by atoms with Crippen LogP contribution in [-0.4, -0.2) is 68.9 Å². The molecule has 1 aliphatic heterocycles. The van der Waals surface area contributed by atoms with E-state index in [0.717, 1.165) is 58.2 Å². The smallest absolute Gasteiger partial charge is 0.119 e. The van der Waals surface area contributed by atoms with E-state index in [1.807, 2.05) is 18.2 Å². The van der Waals surface area contributed by atoms with Gasteiger partial charge in [-0.05, 0) is 24.6 Å². The lowest BCUT2D eigenvalue weighted by Gasteiger charge is -2.29. The lowest BCUT2D eigenvalue weighted by molar-refractivity contribution is 0.0328. The van der Waals surface area contributed by atoms with Crippen molar-refractivity contribution in [2.45, 2.75) is 13.3 Å². The molecule has 0 unspecified atom stereocenters. The van der Waals surface area contributed by atoms with Crippen LogP contribution in [0.3, 0.4) is 0 Å². The molecule has 2 rings (SSSR count). The van der Waals surface area contributed by atoms with Crippen LogP contribution in [-0.2, 0) is 4.74 Å². The Morgan fingerprint density at radius 3 is 2.83 bits per heavy atom. The number of ether oxygens (including phenoxy) is 2. The third kappa shape index (κ3) is 7.00. The Kier molecular flexibility index (Phi) is 7.88. The summed E-state index contributed by atoms with van der Waals surface area (Å²) < 4.78 is 11.2.